The van der Waals surface area contributed by atoms with Crippen molar-refractivity contribution in [2.45, 2.75) is 13.8 Å². The maximum absolute atomic E-state index is 11.9. The molecule has 0 saturated heterocycles. The van der Waals surface area contributed by atoms with Gasteiger partial charge in [-0.1, -0.05) is 30.3 Å². The van der Waals surface area contributed by atoms with E-state index in [-0.39, 0.29) is 12.5 Å². The number of rotatable bonds is 1. The Morgan fingerprint density at radius 2 is 1.82 bits per heavy atom. The van der Waals surface area contributed by atoms with Gasteiger partial charge in [0.15, 0.2) is 5.11 Å². The maximum atomic E-state index is 11.9. The number of carbonyl (C=O) groups is 1. The molecule has 1 aliphatic heterocycles. The third-order valence-corrected chi connectivity index (χ3v) is 4.05. The number of carbonyl (C=O) groups excluding carboxylic acids is 1. The summed E-state index contributed by atoms with van der Waals surface area (Å²) in [6, 6.07) is 13.7. The van der Waals surface area contributed by atoms with Crippen LogP contribution < -0.4 is 15.5 Å². The first-order valence-corrected chi connectivity index (χ1v) is 7.50. The van der Waals surface area contributed by atoms with Crippen molar-refractivity contribution in [1.82, 2.24) is 0 Å². The normalized spacial score (nSPS) is 13.4. The molecule has 0 bridgehead atoms. The van der Waals surface area contributed by atoms with Crippen molar-refractivity contribution < 1.29 is 4.79 Å². The van der Waals surface area contributed by atoms with Crippen LogP contribution >= 0.6 is 12.2 Å². The Morgan fingerprint density at radius 1 is 1.14 bits per heavy atom. The number of nitrogens with one attached hydrogen (secondary N) is 2. The van der Waals surface area contributed by atoms with Crippen molar-refractivity contribution in [3.05, 3.63) is 53.6 Å². The van der Waals surface area contributed by atoms with Crippen LogP contribution in [0.3, 0.4) is 0 Å². The zero-order valence-corrected chi connectivity index (χ0v) is 13.3. The van der Waals surface area contributed by atoms with E-state index in [1.807, 2.05) is 61.2 Å². The first-order chi connectivity index (χ1) is 10.6. The Labute approximate surface area is 135 Å². The zero-order chi connectivity index (χ0) is 15.7. The highest BCUT2D eigenvalue weighted by atomic mass is 32.1. The summed E-state index contributed by atoms with van der Waals surface area (Å²) in [5, 5.41) is 6.68. The molecule has 0 aliphatic carbocycles. The maximum Gasteiger partial charge on any atom is 0.244 e. The number of fused-ring (bicyclic) bond motifs is 1. The van der Waals surface area contributed by atoms with E-state index in [0.29, 0.717) is 5.11 Å². The average Bonchev–Trinajstić information content (AvgIpc) is 2.50. The average molecular weight is 311 g/mol. The van der Waals surface area contributed by atoms with E-state index in [2.05, 4.69) is 10.6 Å². The van der Waals surface area contributed by atoms with Gasteiger partial charge in [0, 0.05) is 5.69 Å². The van der Waals surface area contributed by atoms with Crippen molar-refractivity contribution in [3.63, 3.8) is 0 Å². The number of para-hydroxylation sites is 3. The van der Waals surface area contributed by atoms with Gasteiger partial charge in [-0.2, -0.15) is 0 Å². The summed E-state index contributed by atoms with van der Waals surface area (Å²) in [4.78, 5) is 13.7. The first-order valence-electron chi connectivity index (χ1n) is 7.10. The predicted molar refractivity (Wildman–Crippen MR) is 94.6 cm³/mol. The summed E-state index contributed by atoms with van der Waals surface area (Å²) in [6.45, 7) is 4.29. The van der Waals surface area contributed by atoms with Crippen LogP contribution in [0.5, 0.6) is 0 Å². The molecule has 0 aromatic heterocycles. The largest absolute Gasteiger partial charge is 0.332 e. The Morgan fingerprint density at radius 3 is 2.55 bits per heavy atom. The van der Waals surface area contributed by atoms with Crippen LogP contribution in [-0.4, -0.2) is 17.6 Å². The summed E-state index contributed by atoms with van der Waals surface area (Å²) in [5.74, 6) is -0.0654. The molecule has 1 amide bonds. The molecule has 112 valence electrons. The van der Waals surface area contributed by atoms with E-state index in [0.717, 1.165) is 28.2 Å². The third kappa shape index (κ3) is 2.67. The molecular formula is C17H17N3OS. The van der Waals surface area contributed by atoms with E-state index in [1.165, 1.54) is 0 Å². The van der Waals surface area contributed by atoms with Crippen LogP contribution in [0.1, 0.15) is 11.1 Å². The number of hydrogen-bond acceptors (Lipinski definition) is 2. The summed E-state index contributed by atoms with van der Waals surface area (Å²) in [7, 11) is 0. The fourth-order valence-electron chi connectivity index (χ4n) is 2.60. The number of hydrogen-bond donors (Lipinski definition) is 2. The summed E-state index contributed by atoms with van der Waals surface area (Å²) in [6.07, 6.45) is 0. The molecule has 1 aliphatic rings. The minimum atomic E-state index is -0.0654. The Hall–Kier alpha value is -2.40. The molecule has 4 nitrogen and oxygen atoms in total. The van der Waals surface area contributed by atoms with Gasteiger partial charge in [-0.25, -0.2) is 0 Å². The summed E-state index contributed by atoms with van der Waals surface area (Å²) < 4.78 is 0. The Bertz CT molecular complexity index is 737. The molecule has 5 heteroatoms. The van der Waals surface area contributed by atoms with Gasteiger partial charge in [0.2, 0.25) is 5.91 Å². The first kappa shape index (κ1) is 14.5. The van der Waals surface area contributed by atoms with Gasteiger partial charge in [-0.05, 0) is 49.3 Å². The smallest absolute Gasteiger partial charge is 0.244 e. The van der Waals surface area contributed by atoms with E-state index in [1.54, 1.807) is 0 Å². The van der Waals surface area contributed by atoms with Gasteiger partial charge in [0.25, 0.3) is 0 Å². The SMILES string of the molecule is Cc1cccc(C)c1NC(=S)N1CC(=O)Nc2ccccc21. The quantitative estimate of drug-likeness (QED) is 0.792. The van der Waals surface area contributed by atoms with Gasteiger partial charge in [0.1, 0.15) is 6.54 Å². The van der Waals surface area contributed by atoms with Crippen molar-refractivity contribution in [2.24, 2.45) is 0 Å². The fraction of sp³-hybridized carbons (Fsp3) is 0.176. The summed E-state index contributed by atoms with van der Waals surface area (Å²) >= 11 is 5.54. The number of nitrogens with zero attached hydrogens (tertiary/aromatic N) is 1. The van der Waals surface area contributed by atoms with E-state index in [9.17, 15) is 4.79 Å². The molecule has 0 unspecified atom stereocenters. The summed E-state index contributed by atoms with van der Waals surface area (Å²) in [5.41, 5.74) is 4.93. The third-order valence-electron chi connectivity index (χ3n) is 3.73. The van der Waals surface area contributed by atoms with Gasteiger partial charge in [-0.15, -0.1) is 0 Å². The van der Waals surface area contributed by atoms with Crippen LogP contribution in [0.25, 0.3) is 0 Å². The van der Waals surface area contributed by atoms with E-state index < -0.39 is 0 Å². The second-order valence-electron chi connectivity index (χ2n) is 5.35. The van der Waals surface area contributed by atoms with Gasteiger partial charge in [0.05, 0.1) is 11.4 Å². The number of amides is 1. The molecule has 0 radical (unpaired) electrons. The zero-order valence-electron chi connectivity index (χ0n) is 12.5. The minimum absolute atomic E-state index is 0.0654. The lowest BCUT2D eigenvalue weighted by atomic mass is 10.1. The lowest BCUT2D eigenvalue weighted by Gasteiger charge is -2.31. The molecule has 2 N–H and O–H groups in total. The number of aryl methyl sites for hydroxylation is 2. The highest BCUT2D eigenvalue weighted by Crippen LogP contribution is 2.30. The molecule has 2 aromatic rings. The van der Waals surface area contributed by atoms with Crippen molar-refractivity contribution in [2.75, 3.05) is 22.1 Å². The Balaban J connectivity index is 1.91. The second kappa shape index (κ2) is 5.77. The van der Waals surface area contributed by atoms with E-state index >= 15 is 0 Å². The van der Waals surface area contributed by atoms with Gasteiger partial charge >= 0.3 is 0 Å². The van der Waals surface area contributed by atoms with Crippen molar-refractivity contribution in [1.29, 1.82) is 0 Å². The van der Waals surface area contributed by atoms with Gasteiger partial charge in [-0.3, -0.25) is 4.79 Å². The number of anilines is 3. The van der Waals surface area contributed by atoms with Crippen LogP contribution in [0, 0.1) is 13.8 Å². The molecule has 2 aromatic carbocycles. The topological polar surface area (TPSA) is 44.4 Å². The monoisotopic (exact) mass is 311 g/mol. The minimum Gasteiger partial charge on any atom is -0.332 e. The molecule has 22 heavy (non-hydrogen) atoms. The van der Waals surface area contributed by atoms with Crippen LogP contribution in [0.4, 0.5) is 17.1 Å². The molecule has 0 atom stereocenters. The number of benzene rings is 2. The predicted octanol–water partition coefficient (Wildman–Crippen LogP) is 3.46. The van der Waals surface area contributed by atoms with Crippen LogP contribution in [0.2, 0.25) is 0 Å². The Kier molecular flexibility index (Phi) is 3.81. The molecule has 3 rings (SSSR count). The van der Waals surface area contributed by atoms with Crippen molar-refractivity contribution in [3.8, 4) is 0 Å². The highest BCUT2D eigenvalue weighted by molar-refractivity contribution is 7.80. The molecule has 0 saturated carbocycles. The lowest BCUT2D eigenvalue weighted by Crippen LogP contribution is -2.44. The van der Waals surface area contributed by atoms with Crippen LogP contribution in [0.15, 0.2) is 42.5 Å². The highest BCUT2D eigenvalue weighted by Gasteiger charge is 2.24. The van der Waals surface area contributed by atoms with Crippen molar-refractivity contribution >= 4 is 40.3 Å². The second-order valence-corrected chi connectivity index (χ2v) is 5.74. The molecule has 0 fully saturated rings. The van der Waals surface area contributed by atoms with Crippen LogP contribution in [-0.2, 0) is 4.79 Å². The fourth-order valence-corrected chi connectivity index (χ4v) is 2.87. The standard InChI is InChI=1S/C17H17N3OS/c1-11-6-5-7-12(2)16(11)19-17(22)20-10-15(21)18-13-8-3-4-9-14(13)20/h3-9H,10H2,1-2H3,(H,18,21)(H,19,22). The molecule has 0 spiro atoms. The van der Waals surface area contributed by atoms with E-state index in [4.69, 9.17) is 12.2 Å². The molecular weight excluding hydrogens is 294 g/mol. The lowest BCUT2D eigenvalue weighted by molar-refractivity contribution is -0.115. The molecule has 1 heterocycles. The number of thiocarbonyl (C=S) groups is 1. The van der Waals surface area contributed by atoms with Gasteiger partial charge < -0.3 is 15.5 Å².